The SMILES string of the molecule is CC(C)OCCCNC(=O)C1c2c(n(C)c3ccccc23)SCC(=O)N1c1ccc2c(c1)OCO2. The number of fused-ring (bicyclic) bond motifs is 4. The van der Waals surface area contributed by atoms with Gasteiger partial charge >= 0.3 is 0 Å². The topological polar surface area (TPSA) is 82.0 Å². The molecule has 184 valence electrons. The highest BCUT2D eigenvalue weighted by molar-refractivity contribution is 8.00. The van der Waals surface area contributed by atoms with E-state index in [2.05, 4.69) is 9.88 Å². The molecule has 1 unspecified atom stereocenters. The van der Waals surface area contributed by atoms with Gasteiger partial charge in [0.2, 0.25) is 18.6 Å². The minimum Gasteiger partial charge on any atom is -0.454 e. The van der Waals surface area contributed by atoms with Gasteiger partial charge in [0.15, 0.2) is 11.5 Å². The van der Waals surface area contributed by atoms with E-state index in [0.29, 0.717) is 36.8 Å². The minimum absolute atomic E-state index is 0.137. The molecule has 1 aromatic heterocycles. The number of rotatable bonds is 7. The van der Waals surface area contributed by atoms with Crippen LogP contribution in [0.15, 0.2) is 47.5 Å². The Morgan fingerprint density at radius 2 is 2.00 bits per heavy atom. The zero-order valence-corrected chi connectivity index (χ0v) is 20.9. The fraction of sp³-hybridized carbons (Fsp3) is 0.385. The molecular weight excluding hydrogens is 466 g/mol. The van der Waals surface area contributed by atoms with E-state index in [0.717, 1.165) is 21.5 Å². The van der Waals surface area contributed by atoms with Crippen LogP contribution in [0.4, 0.5) is 5.69 Å². The molecule has 2 aromatic carbocycles. The normalized spacial score (nSPS) is 17.1. The molecule has 0 bridgehead atoms. The van der Waals surface area contributed by atoms with Crippen molar-refractivity contribution in [1.29, 1.82) is 0 Å². The standard InChI is InChI=1S/C26H29N3O5S/c1-16(2)32-12-6-11-27-25(31)24-23-18-7-4-5-8-19(18)28(3)26(23)35-14-22(30)29(24)17-9-10-20-21(13-17)34-15-33-20/h4-5,7-10,13,16,24H,6,11-12,14-15H2,1-3H3,(H,27,31). The average Bonchev–Trinajstić information content (AvgIpc) is 3.38. The van der Waals surface area contributed by atoms with Crippen LogP contribution in [0.2, 0.25) is 0 Å². The number of thioether (sulfide) groups is 1. The molecule has 2 aliphatic heterocycles. The summed E-state index contributed by atoms with van der Waals surface area (Å²) >= 11 is 1.47. The number of para-hydroxylation sites is 1. The predicted molar refractivity (Wildman–Crippen MR) is 135 cm³/mol. The molecule has 3 heterocycles. The number of carbonyl (C=O) groups excluding carboxylic acids is 2. The van der Waals surface area contributed by atoms with Crippen LogP contribution in [0.25, 0.3) is 10.9 Å². The molecule has 0 saturated heterocycles. The number of anilines is 1. The van der Waals surface area contributed by atoms with Crippen molar-refractivity contribution in [3.63, 3.8) is 0 Å². The maximum atomic E-state index is 13.8. The van der Waals surface area contributed by atoms with Crippen molar-refractivity contribution >= 4 is 40.2 Å². The lowest BCUT2D eigenvalue weighted by Gasteiger charge is -2.30. The van der Waals surface area contributed by atoms with Gasteiger partial charge in [0, 0.05) is 48.4 Å². The smallest absolute Gasteiger partial charge is 0.247 e. The third-order valence-electron chi connectivity index (χ3n) is 6.18. The fourth-order valence-electron chi connectivity index (χ4n) is 4.59. The van der Waals surface area contributed by atoms with Gasteiger partial charge in [0.1, 0.15) is 6.04 Å². The number of hydrogen-bond donors (Lipinski definition) is 1. The summed E-state index contributed by atoms with van der Waals surface area (Å²) in [6.07, 6.45) is 0.827. The Morgan fingerprint density at radius 1 is 1.20 bits per heavy atom. The Kier molecular flexibility index (Phi) is 6.62. The third-order valence-corrected chi connectivity index (χ3v) is 7.34. The van der Waals surface area contributed by atoms with Crippen molar-refractivity contribution in [2.75, 3.05) is 30.6 Å². The van der Waals surface area contributed by atoms with Crippen molar-refractivity contribution in [3.8, 4) is 11.5 Å². The van der Waals surface area contributed by atoms with E-state index in [1.54, 1.807) is 17.0 Å². The monoisotopic (exact) mass is 495 g/mol. The van der Waals surface area contributed by atoms with E-state index in [9.17, 15) is 9.59 Å². The number of benzene rings is 2. The molecule has 1 atom stereocenters. The van der Waals surface area contributed by atoms with E-state index >= 15 is 0 Å². The van der Waals surface area contributed by atoms with Crippen molar-refractivity contribution in [2.24, 2.45) is 7.05 Å². The number of nitrogens with one attached hydrogen (secondary N) is 1. The van der Waals surface area contributed by atoms with Crippen LogP contribution in [0.3, 0.4) is 0 Å². The summed E-state index contributed by atoms with van der Waals surface area (Å²) in [7, 11) is 1.98. The van der Waals surface area contributed by atoms with E-state index in [-0.39, 0.29) is 30.5 Å². The lowest BCUT2D eigenvalue weighted by atomic mass is 10.0. The summed E-state index contributed by atoms with van der Waals surface area (Å²) in [5.41, 5.74) is 2.46. The molecule has 3 aromatic rings. The Balaban J connectivity index is 1.56. The summed E-state index contributed by atoms with van der Waals surface area (Å²) in [6.45, 7) is 5.12. The van der Waals surface area contributed by atoms with Gasteiger partial charge in [-0.05, 0) is 38.5 Å². The number of nitrogens with zero attached hydrogens (tertiary/aromatic N) is 2. The fourth-order valence-corrected chi connectivity index (χ4v) is 5.66. The van der Waals surface area contributed by atoms with Crippen molar-refractivity contribution in [3.05, 3.63) is 48.0 Å². The van der Waals surface area contributed by atoms with Crippen LogP contribution in [-0.4, -0.2) is 48.2 Å². The molecule has 2 aliphatic rings. The first-order valence-corrected chi connectivity index (χ1v) is 12.8. The lowest BCUT2D eigenvalue weighted by molar-refractivity contribution is -0.125. The highest BCUT2D eigenvalue weighted by Gasteiger charge is 2.40. The lowest BCUT2D eigenvalue weighted by Crippen LogP contribution is -2.44. The van der Waals surface area contributed by atoms with Gasteiger partial charge in [-0.25, -0.2) is 0 Å². The second-order valence-corrected chi connectivity index (χ2v) is 9.82. The zero-order chi connectivity index (χ0) is 24.5. The van der Waals surface area contributed by atoms with Gasteiger partial charge in [0.05, 0.1) is 16.9 Å². The zero-order valence-electron chi connectivity index (χ0n) is 20.1. The quantitative estimate of drug-likeness (QED) is 0.499. The number of aromatic nitrogens is 1. The highest BCUT2D eigenvalue weighted by Crippen LogP contribution is 2.45. The van der Waals surface area contributed by atoms with Crippen LogP contribution in [0.1, 0.15) is 31.9 Å². The Morgan fingerprint density at radius 3 is 2.83 bits per heavy atom. The molecule has 1 N–H and O–H groups in total. The predicted octanol–water partition coefficient (Wildman–Crippen LogP) is 4.02. The second kappa shape index (κ2) is 9.83. The molecule has 0 aliphatic carbocycles. The van der Waals surface area contributed by atoms with Crippen LogP contribution in [-0.2, 0) is 21.4 Å². The molecule has 5 rings (SSSR count). The summed E-state index contributed by atoms with van der Waals surface area (Å²) in [4.78, 5) is 28.9. The number of amides is 2. The largest absolute Gasteiger partial charge is 0.454 e. The van der Waals surface area contributed by atoms with Crippen molar-refractivity contribution in [2.45, 2.75) is 37.4 Å². The van der Waals surface area contributed by atoms with Gasteiger partial charge in [0.25, 0.3) is 0 Å². The number of ether oxygens (including phenoxy) is 3. The summed E-state index contributed by atoms with van der Waals surface area (Å²) < 4.78 is 18.7. The molecule has 0 radical (unpaired) electrons. The minimum atomic E-state index is -0.829. The van der Waals surface area contributed by atoms with Gasteiger partial charge in [-0.2, -0.15) is 0 Å². The Hall–Kier alpha value is -3.17. The molecule has 8 nitrogen and oxygen atoms in total. The van der Waals surface area contributed by atoms with Crippen molar-refractivity contribution < 1.29 is 23.8 Å². The highest BCUT2D eigenvalue weighted by atomic mass is 32.2. The first kappa shape index (κ1) is 23.6. The molecule has 0 saturated carbocycles. The molecule has 9 heteroatoms. The first-order valence-electron chi connectivity index (χ1n) is 11.8. The van der Waals surface area contributed by atoms with Gasteiger partial charge in [-0.15, -0.1) is 0 Å². The van der Waals surface area contributed by atoms with Crippen LogP contribution in [0.5, 0.6) is 11.5 Å². The van der Waals surface area contributed by atoms with Gasteiger partial charge in [-0.1, -0.05) is 30.0 Å². The summed E-state index contributed by atoms with van der Waals surface area (Å²) in [6, 6.07) is 12.5. The molecule has 0 spiro atoms. The maximum absolute atomic E-state index is 13.8. The van der Waals surface area contributed by atoms with Crippen LogP contribution >= 0.6 is 11.8 Å². The second-order valence-electron chi connectivity index (χ2n) is 8.85. The van der Waals surface area contributed by atoms with E-state index in [4.69, 9.17) is 14.2 Å². The molecule has 35 heavy (non-hydrogen) atoms. The summed E-state index contributed by atoms with van der Waals surface area (Å²) in [5.74, 6) is 1.05. The molecule has 2 amide bonds. The maximum Gasteiger partial charge on any atom is 0.247 e. The average molecular weight is 496 g/mol. The summed E-state index contributed by atoms with van der Waals surface area (Å²) in [5, 5.41) is 4.94. The molecule has 0 fully saturated rings. The van der Waals surface area contributed by atoms with E-state index < -0.39 is 6.04 Å². The Labute approximate surface area is 208 Å². The molecular formula is C26H29N3O5S. The third kappa shape index (κ3) is 4.46. The Bertz CT molecular complexity index is 1270. The number of aryl methyl sites for hydroxylation is 1. The van der Waals surface area contributed by atoms with E-state index in [1.807, 2.05) is 51.2 Å². The number of hydrogen-bond acceptors (Lipinski definition) is 6. The number of carbonyl (C=O) groups is 2. The van der Waals surface area contributed by atoms with Gasteiger partial charge < -0.3 is 24.1 Å². The van der Waals surface area contributed by atoms with E-state index in [1.165, 1.54) is 11.8 Å². The van der Waals surface area contributed by atoms with Gasteiger partial charge in [-0.3, -0.25) is 14.5 Å². The first-order chi connectivity index (χ1) is 17.0. The van der Waals surface area contributed by atoms with Crippen LogP contribution in [0, 0.1) is 0 Å². The van der Waals surface area contributed by atoms with Crippen LogP contribution < -0.4 is 19.7 Å². The van der Waals surface area contributed by atoms with Crippen molar-refractivity contribution in [1.82, 2.24) is 9.88 Å².